The van der Waals surface area contributed by atoms with Crippen LogP contribution in [-0.4, -0.2) is 49.5 Å². The van der Waals surface area contributed by atoms with Gasteiger partial charge in [0.05, 0.1) is 5.25 Å². The van der Waals surface area contributed by atoms with Crippen molar-refractivity contribution in [3.8, 4) is 0 Å². The first kappa shape index (κ1) is 15.0. The van der Waals surface area contributed by atoms with Crippen molar-refractivity contribution in [2.75, 3.05) is 31.7 Å². The number of rotatable bonds is 6. The molecule has 2 rings (SSSR count). The number of nitrogens with zero attached hydrogens (tertiary/aromatic N) is 2. The van der Waals surface area contributed by atoms with Crippen molar-refractivity contribution in [3.63, 3.8) is 0 Å². The van der Waals surface area contributed by atoms with Crippen LogP contribution in [-0.2, 0) is 14.6 Å². The van der Waals surface area contributed by atoms with E-state index in [4.69, 9.17) is 5.73 Å². The summed E-state index contributed by atoms with van der Waals surface area (Å²) in [6.45, 7) is 0.353. The molecule has 0 atom stereocenters. The van der Waals surface area contributed by atoms with E-state index in [1.807, 2.05) is 0 Å². The molecule has 1 heterocycles. The highest BCUT2D eigenvalue weighted by molar-refractivity contribution is 7.92. The van der Waals surface area contributed by atoms with Gasteiger partial charge in [-0.15, -0.1) is 0 Å². The molecule has 1 aliphatic rings. The number of hydrogen-bond donors (Lipinski definition) is 2. The maximum Gasteiger partial charge on any atom is 0.223 e. The normalized spacial score (nSPS) is 15.1. The Morgan fingerprint density at radius 2 is 2.15 bits per heavy atom. The highest BCUT2D eigenvalue weighted by Gasteiger charge is 2.40. The summed E-state index contributed by atoms with van der Waals surface area (Å²) in [7, 11) is -0.0325. The lowest BCUT2D eigenvalue weighted by Gasteiger charge is -2.11. The zero-order chi connectivity index (χ0) is 14.9. The number of anilines is 2. The first-order valence-electron chi connectivity index (χ1n) is 6.27. The molecule has 3 N–H and O–H groups in total. The molecule has 0 bridgehead atoms. The van der Waals surface area contributed by atoms with E-state index < -0.39 is 9.84 Å². The monoisotopic (exact) mass is 318 g/mol. The topological polar surface area (TPSA) is 105 Å². The zero-order valence-electron chi connectivity index (χ0n) is 11.4. The molecule has 1 aromatic rings. The molecule has 0 unspecified atom stereocenters. The third kappa shape index (κ3) is 3.04. The molecule has 1 aromatic heterocycles. The molecule has 1 aliphatic carbocycles. The van der Waals surface area contributed by atoms with Crippen LogP contribution in [0.2, 0.25) is 0 Å². The highest BCUT2D eigenvalue weighted by atomic mass is 32.2. The lowest BCUT2D eigenvalue weighted by molar-refractivity contribution is -0.128. The van der Waals surface area contributed by atoms with Crippen molar-refractivity contribution in [1.29, 1.82) is 0 Å². The summed E-state index contributed by atoms with van der Waals surface area (Å²) in [6.07, 6.45) is 1.64. The zero-order valence-corrected chi connectivity index (χ0v) is 13.1. The largest absolute Gasteiger partial charge is 0.382 e. The van der Waals surface area contributed by atoms with E-state index in [9.17, 15) is 13.2 Å². The highest BCUT2D eigenvalue weighted by Crippen LogP contribution is 2.40. The number of nitrogen functional groups attached to an aromatic ring is 1. The van der Waals surface area contributed by atoms with Crippen LogP contribution < -0.4 is 11.1 Å². The molecule has 0 aliphatic heterocycles. The van der Waals surface area contributed by atoms with Crippen molar-refractivity contribution in [2.45, 2.75) is 29.4 Å². The lowest BCUT2D eigenvalue weighted by atomic mass is 10.4. The number of aromatic nitrogens is 1. The van der Waals surface area contributed by atoms with Crippen LogP contribution in [0.4, 0.5) is 10.8 Å². The van der Waals surface area contributed by atoms with E-state index in [1.54, 1.807) is 14.1 Å². The first-order chi connectivity index (χ1) is 9.34. The molecule has 0 aromatic carbocycles. The summed E-state index contributed by atoms with van der Waals surface area (Å²) in [5.74, 6) is 0.0184. The van der Waals surface area contributed by atoms with Crippen molar-refractivity contribution < 1.29 is 13.2 Å². The minimum absolute atomic E-state index is 0.0263. The predicted octanol–water partition coefficient (Wildman–Crippen LogP) is 0.552. The average Bonchev–Trinajstić information content (AvgIpc) is 3.14. The van der Waals surface area contributed by atoms with E-state index in [1.165, 1.54) is 4.90 Å². The van der Waals surface area contributed by atoms with Crippen molar-refractivity contribution in [3.05, 3.63) is 0 Å². The molecule has 0 saturated heterocycles. The van der Waals surface area contributed by atoms with Gasteiger partial charge in [-0.1, -0.05) is 0 Å². The van der Waals surface area contributed by atoms with Crippen LogP contribution in [0, 0.1) is 0 Å². The standard InChI is InChI=1S/C11H18N4O3S2/c1-15(2)8(16)5-6-13-11-9(10(12)14-19-11)20(17,18)7-3-4-7/h7,13H,3-6H2,1-2H3,(H2,12,14). The lowest BCUT2D eigenvalue weighted by Crippen LogP contribution is -2.24. The van der Waals surface area contributed by atoms with Crippen LogP contribution >= 0.6 is 11.5 Å². The van der Waals surface area contributed by atoms with Gasteiger partial charge >= 0.3 is 0 Å². The van der Waals surface area contributed by atoms with Gasteiger partial charge in [-0.3, -0.25) is 4.79 Å². The van der Waals surface area contributed by atoms with E-state index in [2.05, 4.69) is 9.69 Å². The Labute approximate surface area is 122 Å². The molecule has 0 radical (unpaired) electrons. The van der Waals surface area contributed by atoms with E-state index in [-0.39, 0.29) is 28.3 Å². The third-order valence-corrected chi connectivity index (χ3v) is 6.32. The van der Waals surface area contributed by atoms with Gasteiger partial charge in [-0.2, -0.15) is 4.37 Å². The number of nitrogens with two attached hydrogens (primary N) is 1. The second-order valence-electron chi connectivity index (χ2n) is 4.94. The fourth-order valence-corrected chi connectivity index (χ4v) is 4.64. The number of carbonyl (C=O) groups is 1. The molecule has 0 spiro atoms. The number of hydrogen-bond acceptors (Lipinski definition) is 7. The van der Waals surface area contributed by atoms with Gasteiger partial charge < -0.3 is 16.0 Å². The quantitative estimate of drug-likeness (QED) is 0.793. The molecule has 9 heteroatoms. The van der Waals surface area contributed by atoms with Crippen LogP contribution in [0.1, 0.15) is 19.3 Å². The predicted molar refractivity (Wildman–Crippen MR) is 78.5 cm³/mol. The number of carbonyl (C=O) groups excluding carboxylic acids is 1. The van der Waals surface area contributed by atoms with Crippen molar-refractivity contribution in [1.82, 2.24) is 9.27 Å². The molecule has 20 heavy (non-hydrogen) atoms. The maximum absolute atomic E-state index is 12.3. The second-order valence-corrected chi connectivity index (χ2v) is 7.87. The van der Waals surface area contributed by atoms with Gasteiger partial charge in [-0.25, -0.2) is 8.42 Å². The average molecular weight is 318 g/mol. The minimum atomic E-state index is -3.39. The van der Waals surface area contributed by atoms with Gasteiger partial charge in [0.25, 0.3) is 0 Å². The smallest absolute Gasteiger partial charge is 0.223 e. The molecule has 7 nitrogen and oxygen atoms in total. The number of sulfone groups is 1. The molecule has 1 saturated carbocycles. The summed E-state index contributed by atoms with van der Waals surface area (Å²) in [6, 6.07) is 0. The van der Waals surface area contributed by atoms with Crippen LogP contribution in [0.15, 0.2) is 4.90 Å². The van der Waals surface area contributed by atoms with E-state index >= 15 is 0 Å². The Morgan fingerprint density at radius 3 is 2.70 bits per heavy atom. The summed E-state index contributed by atoms with van der Waals surface area (Å²) in [5, 5.41) is 3.06. The SMILES string of the molecule is CN(C)C(=O)CCNc1snc(N)c1S(=O)(=O)C1CC1. The Balaban J connectivity index is 2.08. The fraction of sp³-hybridized carbons (Fsp3) is 0.636. The Hall–Kier alpha value is -1.35. The summed E-state index contributed by atoms with van der Waals surface area (Å²) in [5.41, 5.74) is 5.68. The Morgan fingerprint density at radius 1 is 1.50 bits per heavy atom. The van der Waals surface area contributed by atoms with Gasteiger partial charge in [0.15, 0.2) is 15.7 Å². The number of amides is 1. The maximum atomic E-state index is 12.3. The summed E-state index contributed by atoms with van der Waals surface area (Å²) >= 11 is 1.02. The Bertz CT molecular complexity index is 605. The second kappa shape index (κ2) is 5.57. The summed E-state index contributed by atoms with van der Waals surface area (Å²) < 4.78 is 28.5. The first-order valence-corrected chi connectivity index (χ1v) is 8.59. The van der Waals surface area contributed by atoms with Crippen LogP contribution in [0.5, 0.6) is 0 Å². The molecule has 1 fully saturated rings. The van der Waals surface area contributed by atoms with Gasteiger partial charge in [0.1, 0.15) is 9.90 Å². The van der Waals surface area contributed by atoms with Crippen LogP contribution in [0.3, 0.4) is 0 Å². The molecular formula is C11H18N4O3S2. The molecule has 1 amide bonds. The summed E-state index contributed by atoms with van der Waals surface area (Å²) in [4.78, 5) is 13.1. The van der Waals surface area contributed by atoms with Crippen molar-refractivity contribution >= 4 is 38.1 Å². The van der Waals surface area contributed by atoms with E-state index in [0.29, 0.717) is 24.4 Å². The fourth-order valence-electron chi connectivity index (χ4n) is 1.73. The molecule has 112 valence electrons. The van der Waals surface area contributed by atoms with Gasteiger partial charge in [0, 0.05) is 27.1 Å². The number of nitrogens with one attached hydrogen (secondary N) is 1. The van der Waals surface area contributed by atoms with Gasteiger partial charge in [-0.05, 0) is 24.4 Å². The molecular weight excluding hydrogens is 300 g/mol. The minimum Gasteiger partial charge on any atom is -0.382 e. The van der Waals surface area contributed by atoms with Gasteiger partial charge in [0.2, 0.25) is 5.91 Å². The van der Waals surface area contributed by atoms with E-state index in [0.717, 1.165) is 11.5 Å². The third-order valence-electron chi connectivity index (χ3n) is 3.05. The van der Waals surface area contributed by atoms with Crippen molar-refractivity contribution in [2.24, 2.45) is 0 Å². The Kier molecular flexibility index (Phi) is 4.19. The van der Waals surface area contributed by atoms with Crippen LogP contribution in [0.25, 0.3) is 0 Å².